The molecule has 0 amide bonds. The summed E-state index contributed by atoms with van der Waals surface area (Å²) in [6.45, 7) is 1.86. The number of thioether (sulfide) groups is 1. The molecular weight excluding hydrogens is 283 g/mol. The molecule has 108 valence electrons. The third-order valence-electron chi connectivity index (χ3n) is 2.97. The van der Waals surface area contributed by atoms with Crippen molar-refractivity contribution in [3.05, 3.63) is 70.5 Å². The van der Waals surface area contributed by atoms with E-state index in [-0.39, 0.29) is 12.4 Å². The fourth-order valence-electron chi connectivity index (χ4n) is 1.96. The van der Waals surface area contributed by atoms with Crippen molar-refractivity contribution >= 4 is 11.8 Å². The van der Waals surface area contributed by atoms with Gasteiger partial charge >= 0.3 is 0 Å². The first-order chi connectivity index (χ1) is 10.2. The fourth-order valence-corrected chi connectivity index (χ4v) is 2.94. The van der Waals surface area contributed by atoms with E-state index in [9.17, 15) is 4.39 Å². The Morgan fingerprint density at radius 2 is 2.00 bits per heavy atom. The SMILES string of the molecule is Cc1cccc(CSCc2ccc(C#CCO)cc2F)c1. The first-order valence-electron chi connectivity index (χ1n) is 6.70. The zero-order valence-corrected chi connectivity index (χ0v) is 12.7. The number of rotatable bonds is 4. The van der Waals surface area contributed by atoms with E-state index in [1.165, 1.54) is 17.2 Å². The highest BCUT2D eigenvalue weighted by Gasteiger charge is 2.03. The van der Waals surface area contributed by atoms with Gasteiger partial charge in [-0.2, -0.15) is 11.8 Å². The van der Waals surface area contributed by atoms with E-state index in [4.69, 9.17) is 5.11 Å². The largest absolute Gasteiger partial charge is 0.384 e. The predicted octanol–water partition coefficient (Wildman–Crippen LogP) is 3.91. The van der Waals surface area contributed by atoms with Gasteiger partial charge in [-0.3, -0.25) is 0 Å². The molecule has 2 aromatic rings. The van der Waals surface area contributed by atoms with Gasteiger partial charge in [0.2, 0.25) is 0 Å². The lowest BCUT2D eigenvalue weighted by atomic mass is 10.1. The van der Waals surface area contributed by atoms with Crippen LogP contribution in [-0.2, 0) is 11.5 Å². The van der Waals surface area contributed by atoms with Gasteiger partial charge in [0, 0.05) is 17.1 Å². The quantitative estimate of drug-likeness (QED) is 0.864. The summed E-state index contributed by atoms with van der Waals surface area (Å²) in [5.74, 6) is 6.48. The number of hydrogen-bond acceptors (Lipinski definition) is 2. The summed E-state index contributed by atoms with van der Waals surface area (Å²) in [5.41, 5.74) is 3.77. The minimum atomic E-state index is -0.239. The summed E-state index contributed by atoms with van der Waals surface area (Å²) in [6.07, 6.45) is 0. The first-order valence-corrected chi connectivity index (χ1v) is 7.86. The van der Waals surface area contributed by atoms with Crippen LogP contribution in [0.25, 0.3) is 0 Å². The van der Waals surface area contributed by atoms with E-state index in [0.717, 1.165) is 5.75 Å². The molecule has 0 aliphatic heterocycles. The second-order valence-electron chi connectivity index (χ2n) is 4.75. The third kappa shape index (κ3) is 4.93. The van der Waals surface area contributed by atoms with Crippen LogP contribution in [0.2, 0.25) is 0 Å². The average Bonchev–Trinajstić information content (AvgIpc) is 2.47. The van der Waals surface area contributed by atoms with Crippen molar-refractivity contribution in [2.45, 2.75) is 18.4 Å². The van der Waals surface area contributed by atoms with Crippen LogP contribution in [0.15, 0.2) is 42.5 Å². The monoisotopic (exact) mass is 300 g/mol. The summed E-state index contributed by atoms with van der Waals surface area (Å²) in [5, 5.41) is 8.62. The molecule has 0 spiro atoms. The smallest absolute Gasteiger partial charge is 0.128 e. The minimum Gasteiger partial charge on any atom is -0.384 e. The zero-order chi connectivity index (χ0) is 15.1. The van der Waals surface area contributed by atoms with Crippen molar-refractivity contribution in [3.63, 3.8) is 0 Å². The summed E-state index contributed by atoms with van der Waals surface area (Å²) >= 11 is 1.69. The molecule has 0 radical (unpaired) electrons. The molecule has 21 heavy (non-hydrogen) atoms. The van der Waals surface area contributed by atoms with Gasteiger partial charge in [-0.05, 0) is 30.2 Å². The van der Waals surface area contributed by atoms with Crippen molar-refractivity contribution in [3.8, 4) is 11.8 Å². The van der Waals surface area contributed by atoms with Crippen molar-refractivity contribution in [1.29, 1.82) is 0 Å². The highest BCUT2D eigenvalue weighted by atomic mass is 32.2. The highest BCUT2D eigenvalue weighted by Crippen LogP contribution is 2.21. The average molecular weight is 300 g/mol. The number of aryl methyl sites for hydroxylation is 1. The maximum atomic E-state index is 13.9. The van der Waals surface area contributed by atoms with Crippen LogP contribution in [0.1, 0.15) is 22.3 Å². The Labute approximate surface area is 129 Å². The maximum Gasteiger partial charge on any atom is 0.128 e. The standard InChI is InChI=1S/C18H17FOS/c1-14-4-2-5-16(10-14)12-21-13-17-8-7-15(6-3-9-20)11-18(17)19/h2,4-5,7-8,10-11,20H,9,12-13H2,1H3. The summed E-state index contributed by atoms with van der Waals surface area (Å²) in [6, 6.07) is 13.3. The van der Waals surface area contributed by atoms with Gasteiger partial charge in [0.1, 0.15) is 12.4 Å². The van der Waals surface area contributed by atoms with Crippen LogP contribution in [-0.4, -0.2) is 11.7 Å². The topological polar surface area (TPSA) is 20.2 Å². The summed E-state index contributed by atoms with van der Waals surface area (Å²) in [4.78, 5) is 0. The molecule has 0 unspecified atom stereocenters. The van der Waals surface area contributed by atoms with Crippen molar-refractivity contribution in [2.24, 2.45) is 0 Å². The number of aliphatic hydroxyl groups excluding tert-OH is 1. The first kappa shape index (κ1) is 15.6. The Kier molecular flexibility index (Phi) is 5.86. The number of halogens is 1. The van der Waals surface area contributed by atoms with Crippen molar-refractivity contribution in [2.75, 3.05) is 6.61 Å². The van der Waals surface area contributed by atoms with E-state index >= 15 is 0 Å². The Morgan fingerprint density at radius 1 is 1.14 bits per heavy atom. The van der Waals surface area contributed by atoms with E-state index in [0.29, 0.717) is 16.9 Å². The molecule has 0 saturated heterocycles. The van der Waals surface area contributed by atoms with Gasteiger partial charge < -0.3 is 5.11 Å². The highest BCUT2D eigenvalue weighted by molar-refractivity contribution is 7.97. The van der Waals surface area contributed by atoms with Gasteiger partial charge in [-0.1, -0.05) is 47.7 Å². The second-order valence-corrected chi connectivity index (χ2v) is 5.73. The Bertz CT molecular complexity index is 670. The molecule has 0 atom stereocenters. The van der Waals surface area contributed by atoms with Gasteiger partial charge in [0.05, 0.1) is 0 Å². The lowest BCUT2D eigenvalue weighted by molar-refractivity contribution is 0.350. The molecule has 0 fully saturated rings. The lowest BCUT2D eigenvalue weighted by Crippen LogP contribution is -1.90. The maximum absolute atomic E-state index is 13.9. The molecular formula is C18H17FOS. The molecule has 0 aliphatic rings. The van der Waals surface area contributed by atoms with E-state index in [2.05, 4.69) is 37.0 Å². The van der Waals surface area contributed by atoms with Crippen LogP contribution < -0.4 is 0 Å². The Morgan fingerprint density at radius 3 is 2.71 bits per heavy atom. The molecule has 0 saturated carbocycles. The molecule has 2 rings (SSSR count). The summed E-state index contributed by atoms with van der Waals surface area (Å²) in [7, 11) is 0. The molecule has 0 aromatic heterocycles. The third-order valence-corrected chi connectivity index (χ3v) is 4.03. The zero-order valence-electron chi connectivity index (χ0n) is 11.9. The number of aliphatic hydroxyl groups is 1. The van der Waals surface area contributed by atoms with E-state index in [1.807, 2.05) is 6.07 Å². The predicted molar refractivity (Wildman–Crippen MR) is 86.5 cm³/mol. The van der Waals surface area contributed by atoms with E-state index < -0.39 is 0 Å². The number of hydrogen-bond donors (Lipinski definition) is 1. The van der Waals surface area contributed by atoms with Crippen LogP contribution in [0.4, 0.5) is 4.39 Å². The molecule has 1 nitrogen and oxygen atoms in total. The second kappa shape index (κ2) is 7.87. The minimum absolute atomic E-state index is 0.213. The van der Waals surface area contributed by atoms with Crippen molar-refractivity contribution in [1.82, 2.24) is 0 Å². The van der Waals surface area contributed by atoms with E-state index in [1.54, 1.807) is 23.9 Å². The Balaban J connectivity index is 1.94. The van der Waals surface area contributed by atoms with Gasteiger partial charge in [-0.25, -0.2) is 4.39 Å². The Hall–Kier alpha value is -1.76. The number of benzene rings is 2. The molecule has 1 N–H and O–H groups in total. The molecule has 0 heterocycles. The van der Waals surface area contributed by atoms with Crippen LogP contribution in [0, 0.1) is 24.6 Å². The normalized spacial score (nSPS) is 10.0. The fraction of sp³-hybridized carbons (Fsp3) is 0.222. The summed E-state index contributed by atoms with van der Waals surface area (Å²) < 4.78 is 13.9. The molecule has 0 aliphatic carbocycles. The molecule has 0 bridgehead atoms. The van der Waals surface area contributed by atoms with Gasteiger partial charge in [0.15, 0.2) is 0 Å². The van der Waals surface area contributed by atoms with Crippen molar-refractivity contribution < 1.29 is 9.50 Å². The van der Waals surface area contributed by atoms with Crippen LogP contribution in [0.5, 0.6) is 0 Å². The van der Waals surface area contributed by atoms with Gasteiger partial charge in [-0.15, -0.1) is 0 Å². The molecule has 2 aromatic carbocycles. The lowest BCUT2D eigenvalue weighted by Gasteiger charge is -2.05. The van der Waals surface area contributed by atoms with Crippen LogP contribution >= 0.6 is 11.8 Å². The molecule has 3 heteroatoms. The van der Waals surface area contributed by atoms with Gasteiger partial charge in [0.25, 0.3) is 0 Å². The van der Waals surface area contributed by atoms with Crippen LogP contribution in [0.3, 0.4) is 0 Å².